The quantitative estimate of drug-likeness (QED) is 0.434. The van der Waals surface area contributed by atoms with Crippen LogP contribution in [0.2, 0.25) is 0 Å². The first-order valence-corrected chi connectivity index (χ1v) is 12.6. The number of carbonyl (C=O) groups excluding carboxylic acids is 1. The Morgan fingerprint density at radius 2 is 1.58 bits per heavy atom. The van der Waals surface area contributed by atoms with Crippen LogP contribution in [0.15, 0.2) is 71.6 Å². The van der Waals surface area contributed by atoms with Gasteiger partial charge in [-0.2, -0.15) is 0 Å². The van der Waals surface area contributed by atoms with Crippen LogP contribution >= 0.6 is 0 Å². The van der Waals surface area contributed by atoms with E-state index in [1.807, 2.05) is 56.3 Å². The van der Waals surface area contributed by atoms with Crippen LogP contribution in [0, 0.1) is 26.7 Å². The molecule has 1 amide bonds. The fraction of sp³-hybridized carbons (Fsp3) is 0.296. The summed E-state index contributed by atoms with van der Waals surface area (Å²) < 4.78 is 29.1. The predicted molar refractivity (Wildman–Crippen MR) is 134 cm³/mol. The number of hydrogen-bond acceptors (Lipinski definition) is 3. The van der Waals surface area contributed by atoms with Gasteiger partial charge in [-0.05, 0) is 73.6 Å². The lowest BCUT2D eigenvalue weighted by Crippen LogP contribution is -2.29. The van der Waals surface area contributed by atoms with E-state index in [0.29, 0.717) is 22.7 Å². The predicted octanol–water partition coefficient (Wildman–Crippen LogP) is 5.93. The zero-order valence-corrected chi connectivity index (χ0v) is 20.7. The Morgan fingerprint density at radius 1 is 0.879 bits per heavy atom. The lowest BCUT2D eigenvalue weighted by Gasteiger charge is -2.21. The molecule has 0 heterocycles. The number of benzene rings is 3. The summed E-state index contributed by atoms with van der Waals surface area (Å²) in [5, 5.41) is 3.09. The minimum Gasteiger partial charge on any atom is -0.345 e. The van der Waals surface area contributed by atoms with Crippen molar-refractivity contribution in [2.24, 2.45) is 5.92 Å². The molecule has 3 rings (SSSR count). The summed E-state index contributed by atoms with van der Waals surface area (Å²) >= 11 is 0. The first-order valence-electron chi connectivity index (χ1n) is 11.1. The molecule has 6 heteroatoms. The van der Waals surface area contributed by atoms with Crippen molar-refractivity contribution in [3.63, 3.8) is 0 Å². The lowest BCUT2D eigenvalue weighted by atomic mass is 9.96. The normalized spacial score (nSPS) is 12.4. The van der Waals surface area contributed by atoms with Crippen molar-refractivity contribution < 1.29 is 13.2 Å². The van der Waals surface area contributed by atoms with Crippen LogP contribution in [0.1, 0.15) is 58.9 Å². The van der Waals surface area contributed by atoms with E-state index in [9.17, 15) is 13.2 Å². The van der Waals surface area contributed by atoms with Gasteiger partial charge in [0.15, 0.2) is 0 Å². The minimum atomic E-state index is -3.87. The molecule has 1 atom stereocenters. The van der Waals surface area contributed by atoms with Gasteiger partial charge in [-0.1, -0.05) is 62.4 Å². The Morgan fingerprint density at radius 3 is 2.24 bits per heavy atom. The summed E-state index contributed by atoms with van der Waals surface area (Å²) in [4.78, 5) is 13.2. The van der Waals surface area contributed by atoms with E-state index in [4.69, 9.17) is 0 Å². The second kappa shape index (κ2) is 10.2. The first-order chi connectivity index (χ1) is 15.6. The minimum absolute atomic E-state index is 0.0937. The van der Waals surface area contributed by atoms with E-state index in [1.165, 1.54) is 6.07 Å². The average Bonchev–Trinajstić information content (AvgIpc) is 2.76. The van der Waals surface area contributed by atoms with Gasteiger partial charge in [-0.15, -0.1) is 0 Å². The Bertz CT molecular complexity index is 1240. The number of rotatable bonds is 8. The van der Waals surface area contributed by atoms with Gasteiger partial charge in [0.1, 0.15) is 0 Å². The zero-order chi connectivity index (χ0) is 24.2. The fourth-order valence-corrected chi connectivity index (χ4v) is 5.16. The highest BCUT2D eigenvalue weighted by molar-refractivity contribution is 7.92. The number of hydrogen-bond donors (Lipinski definition) is 2. The molecule has 174 valence electrons. The summed E-state index contributed by atoms with van der Waals surface area (Å²) in [6, 6.07) is 19.9. The Hall–Kier alpha value is -3.12. The van der Waals surface area contributed by atoms with Gasteiger partial charge in [0.25, 0.3) is 15.9 Å². The number of anilines is 1. The van der Waals surface area contributed by atoms with Crippen molar-refractivity contribution in [3.8, 4) is 0 Å². The van der Waals surface area contributed by atoms with Gasteiger partial charge in [0.2, 0.25) is 0 Å². The third kappa shape index (κ3) is 6.02. The molecular formula is C27H32N2O3S. The number of carbonyl (C=O) groups is 1. The van der Waals surface area contributed by atoms with Crippen molar-refractivity contribution in [3.05, 3.63) is 94.5 Å². The molecule has 0 aliphatic carbocycles. The SMILES string of the molecule is Cc1ccc(C(=O)N[C@H](CC(C)C)c2ccccc2)cc1S(=O)(=O)Nc1cccc(C)c1C. The van der Waals surface area contributed by atoms with E-state index >= 15 is 0 Å². The molecule has 0 saturated heterocycles. The highest BCUT2D eigenvalue weighted by Gasteiger charge is 2.22. The molecule has 3 aromatic rings. The molecule has 0 unspecified atom stereocenters. The molecule has 2 N–H and O–H groups in total. The van der Waals surface area contributed by atoms with E-state index in [-0.39, 0.29) is 16.8 Å². The highest BCUT2D eigenvalue weighted by Crippen LogP contribution is 2.26. The van der Waals surface area contributed by atoms with Gasteiger partial charge in [-0.25, -0.2) is 8.42 Å². The molecule has 3 aromatic carbocycles. The van der Waals surface area contributed by atoms with E-state index in [1.54, 1.807) is 25.1 Å². The van der Waals surface area contributed by atoms with E-state index in [2.05, 4.69) is 23.9 Å². The maximum absolute atomic E-state index is 13.2. The summed E-state index contributed by atoms with van der Waals surface area (Å²) in [7, 11) is -3.87. The van der Waals surface area contributed by atoms with Crippen molar-refractivity contribution in [1.82, 2.24) is 5.32 Å². The number of nitrogens with one attached hydrogen (secondary N) is 2. The topological polar surface area (TPSA) is 75.3 Å². The second-order valence-electron chi connectivity index (χ2n) is 8.90. The van der Waals surface area contributed by atoms with Crippen LogP contribution in [0.25, 0.3) is 0 Å². The fourth-order valence-electron chi connectivity index (χ4n) is 3.77. The highest BCUT2D eigenvalue weighted by atomic mass is 32.2. The monoisotopic (exact) mass is 464 g/mol. The Kier molecular flexibility index (Phi) is 7.59. The molecule has 0 bridgehead atoms. The Balaban J connectivity index is 1.89. The van der Waals surface area contributed by atoms with Gasteiger partial charge >= 0.3 is 0 Å². The van der Waals surface area contributed by atoms with Crippen LogP contribution in [-0.2, 0) is 10.0 Å². The molecule has 0 aliphatic rings. The number of sulfonamides is 1. The van der Waals surface area contributed by atoms with Crippen molar-refractivity contribution in [2.45, 2.75) is 52.0 Å². The van der Waals surface area contributed by atoms with Crippen molar-refractivity contribution >= 4 is 21.6 Å². The summed E-state index contributed by atoms with van der Waals surface area (Å²) in [5.41, 5.74) is 4.31. The summed E-state index contributed by atoms with van der Waals surface area (Å²) in [6.45, 7) is 9.76. The maximum Gasteiger partial charge on any atom is 0.262 e. The van der Waals surface area contributed by atoms with Crippen molar-refractivity contribution in [1.29, 1.82) is 0 Å². The number of amides is 1. The van der Waals surface area contributed by atoms with Gasteiger partial charge in [0.05, 0.1) is 16.6 Å². The summed E-state index contributed by atoms with van der Waals surface area (Å²) in [6.07, 6.45) is 0.779. The molecule has 0 fully saturated rings. The second-order valence-corrected chi connectivity index (χ2v) is 10.6. The molecule has 0 aromatic heterocycles. The molecular weight excluding hydrogens is 432 g/mol. The zero-order valence-electron chi connectivity index (χ0n) is 19.8. The first kappa shape index (κ1) is 24.5. The molecule has 5 nitrogen and oxygen atoms in total. The largest absolute Gasteiger partial charge is 0.345 e. The maximum atomic E-state index is 13.2. The smallest absolute Gasteiger partial charge is 0.262 e. The molecule has 0 radical (unpaired) electrons. The summed E-state index contributed by atoms with van der Waals surface area (Å²) in [5.74, 6) is 0.0823. The van der Waals surface area contributed by atoms with Gasteiger partial charge in [0, 0.05) is 5.56 Å². The van der Waals surface area contributed by atoms with Gasteiger partial charge in [-0.3, -0.25) is 9.52 Å². The molecule has 0 saturated carbocycles. The van der Waals surface area contributed by atoms with Crippen LogP contribution < -0.4 is 10.0 Å². The van der Waals surface area contributed by atoms with Crippen LogP contribution in [-0.4, -0.2) is 14.3 Å². The molecule has 33 heavy (non-hydrogen) atoms. The average molecular weight is 465 g/mol. The van der Waals surface area contributed by atoms with Crippen molar-refractivity contribution in [2.75, 3.05) is 4.72 Å². The molecule has 0 aliphatic heterocycles. The van der Waals surface area contributed by atoms with E-state index < -0.39 is 10.0 Å². The standard InChI is InChI=1S/C27H32N2O3S/c1-18(2)16-25(22-11-7-6-8-12-22)28-27(30)23-15-14-20(4)26(17-23)33(31,32)29-24-13-9-10-19(3)21(24)5/h6-15,17-18,25,29H,16H2,1-5H3,(H,28,30)/t25-/m1/s1. The van der Waals surface area contributed by atoms with Crippen LogP contribution in [0.5, 0.6) is 0 Å². The van der Waals surface area contributed by atoms with Crippen LogP contribution in [0.3, 0.4) is 0 Å². The Labute approximate surface area is 197 Å². The van der Waals surface area contributed by atoms with Crippen LogP contribution in [0.4, 0.5) is 5.69 Å². The molecule has 0 spiro atoms. The van der Waals surface area contributed by atoms with E-state index in [0.717, 1.165) is 23.1 Å². The van der Waals surface area contributed by atoms with Gasteiger partial charge < -0.3 is 5.32 Å². The lowest BCUT2D eigenvalue weighted by molar-refractivity contribution is 0.0931. The third-order valence-corrected chi connectivity index (χ3v) is 7.31. The number of aryl methyl sites for hydroxylation is 2. The third-order valence-electron chi connectivity index (χ3n) is 5.80.